The zero-order valence-electron chi connectivity index (χ0n) is 15.6. The molecule has 0 bridgehead atoms. The van der Waals surface area contributed by atoms with Crippen LogP contribution in [0.15, 0.2) is 76.3 Å². The fourth-order valence-corrected chi connectivity index (χ4v) is 5.35. The van der Waals surface area contributed by atoms with Gasteiger partial charge in [0.1, 0.15) is 0 Å². The Morgan fingerprint density at radius 3 is 2.08 bits per heavy atom. The van der Waals surface area contributed by atoms with Crippen LogP contribution >= 0.6 is 0 Å². The van der Waals surface area contributed by atoms with Crippen LogP contribution in [-0.2, 0) is 0 Å². The topological polar surface area (TPSA) is 6.25 Å². The predicted octanol–water partition coefficient (Wildman–Crippen LogP) is 3.85. The minimum absolute atomic E-state index is 0.318. The van der Waals surface area contributed by atoms with Gasteiger partial charge >= 0.3 is 157 Å². The van der Waals surface area contributed by atoms with E-state index in [0.29, 0.717) is 15.0 Å². The summed E-state index contributed by atoms with van der Waals surface area (Å²) in [6.07, 6.45) is 13.6. The monoisotopic (exact) mass is 397 g/mol. The first-order valence-electron chi connectivity index (χ1n) is 8.44. The Morgan fingerprint density at radius 1 is 0.880 bits per heavy atom. The number of nitrogens with zero attached hydrogens (tertiary/aromatic N) is 2. The van der Waals surface area contributed by atoms with E-state index >= 15 is 0 Å². The summed E-state index contributed by atoms with van der Waals surface area (Å²) in [5.41, 5.74) is 6.47. The molecule has 1 aliphatic carbocycles. The van der Waals surface area contributed by atoms with Crippen LogP contribution < -0.4 is 4.90 Å². The summed E-state index contributed by atoms with van der Waals surface area (Å²) in [5, 5.41) is 0. The van der Waals surface area contributed by atoms with Crippen molar-refractivity contribution in [3.05, 3.63) is 81.9 Å². The Kier molecular flexibility index (Phi) is 5.27. The number of hydrogen-bond acceptors (Lipinski definition) is 1. The van der Waals surface area contributed by atoms with Gasteiger partial charge in [0, 0.05) is 0 Å². The third-order valence-corrected chi connectivity index (χ3v) is 6.68. The van der Waals surface area contributed by atoms with E-state index in [9.17, 15) is 0 Å². The van der Waals surface area contributed by atoms with Gasteiger partial charge in [-0.1, -0.05) is 0 Å². The van der Waals surface area contributed by atoms with Crippen LogP contribution in [0.2, 0.25) is 0 Å². The van der Waals surface area contributed by atoms with Gasteiger partial charge < -0.3 is 0 Å². The van der Waals surface area contributed by atoms with E-state index in [0.717, 1.165) is 0 Å². The van der Waals surface area contributed by atoms with Crippen molar-refractivity contribution in [2.75, 3.05) is 33.1 Å². The van der Waals surface area contributed by atoms with Gasteiger partial charge in [-0.15, -0.1) is 0 Å². The van der Waals surface area contributed by atoms with E-state index < -0.39 is 0 Å². The molecule has 25 heavy (non-hydrogen) atoms. The Balaban J connectivity index is 1.90. The zero-order valence-corrected chi connectivity index (χ0v) is 17.3. The van der Waals surface area contributed by atoms with Gasteiger partial charge in [-0.3, -0.25) is 0 Å². The molecule has 1 aromatic rings. The fourth-order valence-electron chi connectivity index (χ4n) is 2.76. The Morgan fingerprint density at radius 2 is 1.52 bits per heavy atom. The van der Waals surface area contributed by atoms with Crippen molar-refractivity contribution in [1.29, 1.82) is 0 Å². The number of benzene rings is 1. The van der Waals surface area contributed by atoms with Crippen LogP contribution in [0.25, 0.3) is 4.47 Å². The Bertz CT molecular complexity index is 838. The first-order valence-corrected chi connectivity index (χ1v) is 10.2. The second-order valence-electron chi connectivity index (χ2n) is 6.75. The molecule has 3 rings (SSSR count). The third kappa shape index (κ3) is 4.12. The van der Waals surface area contributed by atoms with Gasteiger partial charge in [-0.2, -0.15) is 0 Å². The molecule has 0 atom stereocenters. The molecular weight excluding hydrogens is 371 g/mol. The van der Waals surface area contributed by atoms with Crippen molar-refractivity contribution >= 4 is 30.8 Å². The third-order valence-electron chi connectivity index (χ3n) is 4.27. The normalized spacial score (nSPS) is 16.8. The zero-order chi connectivity index (χ0) is 18.0. The summed E-state index contributed by atoms with van der Waals surface area (Å²) >= 11 is 0.318. The quantitative estimate of drug-likeness (QED) is 0.544. The van der Waals surface area contributed by atoms with E-state index in [4.69, 9.17) is 0 Å². The average molecular weight is 396 g/mol. The molecule has 2 aliphatic rings. The first-order chi connectivity index (χ1) is 11.9. The molecule has 3 heteroatoms. The molecule has 0 unspecified atom stereocenters. The van der Waals surface area contributed by atoms with Crippen LogP contribution in [0.4, 0.5) is 5.69 Å². The van der Waals surface area contributed by atoms with Gasteiger partial charge in [-0.05, 0) is 0 Å². The number of allylic oxidation sites excluding steroid dienone is 9. The maximum absolute atomic E-state index is 2.34. The Labute approximate surface area is 157 Å². The van der Waals surface area contributed by atoms with Crippen LogP contribution in [-0.4, -0.2) is 53.4 Å². The molecule has 0 fully saturated rings. The van der Waals surface area contributed by atoms with Crippen LogP contribution in [0.1, 0.15) is 12.5 Å². The Hall–Kier alpha value is -2.09. The molecular formula is C22H25N2Se+. The molecule has 0 saturated carbocycles. The molecule has 1 heterocycles. The summed E-state index contributed by atoms with van der Waals surface area (Å²) in [7, 11) is 8.31. The summed E-state index contributed by atoms with van der Waals surface area (Å²) < 4.78 is 5.04. The molecule has 0 N–H and O–H groups in total. The second-order valence-corrected chi connectivity index (χ2v) is 9.02. The van der Waals surface area contributed by atoms with Gasteiger partial charge in [0.2, 0.25) is 0 Å². The molecule has 0 radical (unpaired) electrons. The van der Waals surface area contributed by atoms with E-state index in [-0.39, 0.29) is 0 Å². The van der Waals surface area contributed by atoms with Crippen molar-refractivity contribution in [1.82, 2.24) is 0 Å². The fraction of sp³-hybridized carbons (Fsp3) is 0.227. The van der Waals surface area contributed by atoms with Crippen LogP contribution in [0, 0.1) is 0 Å². The molecule has 0 spiro atoms. The van der Waals surface area contributed by atoms with Gasteiger partial charge in [0.05, 0.1) is 0 Å². The van der Waals surface area contributed by atoms with Crippen molar-refractivity contribution in [3.8, 4) is 0 Å². The number of hydrogen-bond donors (Lipinski definition) is 0. The van der Waals surface area contributed by atoms with E-state index in [1.807, 2.05) is 0 Å². The summed E-state index contributed by atoms with van der Waals surface area (Å²) in [4.78, 5) is 2.14. The van der Waals surface area contributed by atoms with Crippen molar-refractivity contribution in [2.24, 2.45) is 0 Å². The molecule has 0 saturated heterocycles. The van der Waals surface area contributed by atoms with Crippen molar-refractivity contribution < 1.29 is 4.58 Å². The molecule has 128 valence electrons. The predicted molar refractivity (Wildman–Crippen MR) is 111 cm³/mol. The van der Waals surface area contributed by atoms with Gasteiger partial charge in [0.25, 0.3) is 0 Å². The van der Waals surface area contributed by atoms with Gasteiger partial charge in [-0.25, -0.2) is 0 Å². The second kappa shape index (κ2) is 7.43. The first kappa shape index (κ1) is 17.7. The SMILES string of the molecule is CC1=CC(=C2C=CC(=[N+](C)C)C=C2)[Se]C(c2ccc(N(C)C)cc2)=C1. The molecule has 1 aliphatic heterocycles. The standard InChI is InChI=1S/C22H25N2Se/c1-16-14-21(17-6-10-19(11-7-17)23(2)3)25-22(15-16)18-8-12-20(13-9-18)24(4)5/h6-15H,1-5H3/q+1. The van der Waals surface area contributed by atoms with Crippen LogP contribution in [0.3, 0.4) is 0 Å². The van der Waals surface area contributed by atoms with Crippen molar-refractivity contribution in [2.45, 2.75) is 6.92 Å². The molecule has 1 aromatic carbocycles. The average Bonchev–Trinajstić information content (AvgIpc) is 2.61. The molecule has 0 aromatic heterocycles. The van der Waals surface area contributed by atoms with E-state index in [1.54, 1.807) is 0 Å². The number of rotatable bonds is 2. The number of anilines is 1. The van der Waals surface area contributed by atoms with Crippen LogP contribution in [0.5, 0.6) is 0 Å². The maximum atomic E-state index is 2.34. The summed E-state index contributed by atoms with van der Waals surface area (Å²) in [6, 6.07) is 8.89. The summed E-state index contributed by atoms with van der Waals surface area (Å²) in [5.74, 6) is 0. The van der Waals surface area contributed by atoms with Gasteiger partial charge in [0.15, 0.2) is 0 Å². The minimum atomic E-state index is 0.318. The molecule has 2 nitrogen and oxygen atoms in total. The van der Waals surface area contributed by atoms with Crippen molar-refractivity contribution in [3.63, 3.8) is 0 Å². The molecule has 0 amide bonds. The van der Waals surface area contributed by atoms with E-state index in [1.165, 1.54) is 37.1 Å². The van der Waals surface area contributed by atoms with E-state index in [2.05, 4.69) is 105 Å². The summed E-state index contributed by atoms with van der Waals surface area (Å²) in [6.45, 7) is 2.19.